The summed E-state index contributed by atoms with van der Waals surface area (Å²) < 4.78 is 42.9. The highest BCUT2D eigenvalue weighted by molar-refractivity contribution is 6.44. The van der Waals surface area contributed by atoms with E-state index in [1.54, 1.807) is 31.2 Å². The minimum absolute atomic E-state index is 0.0257. The summed E-state index contributed by atoms with van der Waals surface area (Å²) in [5.74, 6) is -1.24. The Balaban J connectivity index is 1.85. The van der Waals surface area contributed by atoms with Crippen molar-refractivity contribution in [3.05, 3.63) is 59.1 Å². The number of halogens is 4. The molecule has 1 atom stereocenters. The first-order chi connectivity index (χ1) is 14.0. The molecule has 6 nitrogen and oxygen atoms in total. The molecule has 1 aliphatic heterocycles. The Morgan fingerprint density at radius 1 is 1.13 bits per heavy atom. The molecule has 3 rings (SSSR count). The average Bonchev–Trinajstić information content (AvgIpc) is 3.06. The summed E-state index contributed by atoms with van der Waals surface area (Å²) in [5, 5.41) is 8.64. The van der Waals surface area contributed by atoms with E-state index >= 15 is 0 Å². The monoisotopic (exact) mass is 439 g/mol. The summed E-state index contributed by atoms with van der Waals surface area (Å²) in [7, 11) is 1.23. The predicted octanol–water partition coefficient (Wildman–Crippen LogP) is 4.50. The van der Waals surface area contributed by atoms with Gasteiger partial charge in [-0.2, -0.15) is 18.3 Å². The molecule has 0 aliphatic carbocycles. The molecule has 0 spiro atoms. The Morgan fingerprint density at radius 3 is 2.27 bits per heavy atom. The van der Waals surface area contributed by atoms with E-state index in [4.69, 9.17) is 16.3 Å². The van der Waals surface area contributed by atoms with Gasteiger partial charge in [0.25, 0.3) is 5.91 Å². The Labute approximate surface area is 175 Å². The third-order valence-corrected chi connectivity index (χ3v) is 4.88. The quantitative estimate of drug-likeness (QED) is 0.712. The van der Waals surface area contributed by atoms with Crippen LogP contribution < -0.4 is 10.3 Å². The zero-order chi connectivity index (χ0) is 22.1. The number of rotatable bonds is 4. The van der Waals surface area contributed by atoms with Crippen LogP contribution in [0.25, 0.3) is 0 Å². The molecule has 0 saturated carbocycles. The van der Waals surface area contributed by atoms with E-state index in [0.717, 1.165) is 24.3 Å². The topological polar surface area (TPSA) is 71.0 Å². The van der Waals surface area contributed by atoms with Gasteiger partial charge in [-0.1, -0.05) is 11.6 Å². The number of anilines is 2. The SMILES string of the molecule is COC(=O)C1(C)CC(C(=O)Nc2ccc(C(F)(F)F)cc2)=NN1c1ccc(Cl)cc1. The average molecular weight is 440 g/mol. The van der Waals surface area contributed by atoms with E-state index in [1.807, 2.05) is 0 Å². The lowest BCUT2D eigenvalue weighted by molar-refractivity contribution is -0.146. The van der Waals surface area contributed by atoms with Crippen LogP contribution in [0.15, 0.2) is 53.6 Å². The van der Waals surface area contributed by atoms with Crippen LogP contribution in [0.4, 0.5) is 24.5 Å². The van der Waals surface area contributed by atoms with E-state index in [1.165, 1.54) is 12.1 Å². The van der Waals surface area contributed by atoms with Gasteiger partial charge in [0.2, 0.25) is 0 Å². The van der Waals surface area contributed by atoms with Gasteiger partial charge in [-0.3, -0.25) is 4.79 Å². The summed E-state index contributed by atoms with van der Waals surface area (Å²) in [6.45, 7) is 1.58. The molecule has 1 amide bonds. The summed E-state index contributed by atoms with van der Waals surface area (Å²) in [6, 6.07) is 10.5. The lowest BCUT2D eigenvalue weighted by Crippen LogP contribution is -2.48. The number of ether oxygens (including phenoxy) is 1. The number of nitrogens with zero attached hydrogens (tertiary/aromatic N) is 2. The second-order valence-corrected chi connectivity index (χ2v) is 7.24. The molecule has 1 heterocycles. The van der Waals surface area contributed by atoms with Crippen LogP contribution in [0.3, 0.4) is 0 Å². The van der Waals surface area contributed by atoms with E-state index in [2.05, 4.69) is 10.4 Å². The number of hydrogen-bond acceptors (Lipinski definition) is 5. The first-order valence-corrected chi connectivity index (χ1v) is 9.13. The van der Waals surface area contributed by atoms with Gasteiger partial charge in [0, 0.05) is 17.1 Å². The fourth-order valence-electron chi connectivity index (χ4n) is 3.04. The molecule has 0 radical (unpaired) electrons. The Morgan fingerprint density at radius 2 is 1.73 bits per heavy atom. The van der Waals surface area contributed by atoms with Crippen molar-refractivity contribution in [3.8, 4) is 0 Å². The predicted molar refractivity (Wildman–Crippen MR) is 106 cm³/mol. The molecular weight excluding hydrogens is 423 g/mol. The standard InChI is InChI=1S/C20H17ClF3N3O3/c1-19(18(29)30-2)11-16(26-27(19)15-9-5-13(21)6-10-15)17(28)25-14-7-3-12(4-8-14)20(22,23)24/h3-10H,11H2,1-2H3,(H,25,28). The number of methoxy groups -OCH3 is 1. The Kier molecular flexibility index (Phi) is 5.76. The van der Waals surface area contributed by atoms with Crippen molar-refractivity contribution in [3.63, 3.8) is 0 Å². The van der Waals surface area contributed by atoms with Gasteiger partial charge in [0.05, 0.1) is 18.4 Å². The molecule has 2 aromatic carbocycles. The fourth-order valence-corrected chi connectivity index (χ4v) is 3.17. The zero-order valence-electron chi connectivity index (χ0n) is 16.0. The number of amides is 1. The van der Waals surface area contributed by atoms with Gasteiger partial charge in [-0.15, -0.1) is 0 Å². The molecule has 1 aliphatic rings. The third-order valence-electron chi connectivity index (χ3n) is 4.63. The number of carbonyl (C=O) groups excluding carboxylic acids is 2. The molecule has 1 N–H and O–H groups in total. The van der Waals surface area contributed by atoms with Crippen LogP contribution in [0.1, 0.15) is 18.9 Å². The first-order valence-electron chi connectivity index (χ1n) is 8.75. The maximum atomic E-state index is 12.7. The number of alkyl halides is 3. The minimum atomic E-state index is -4.47. The van der Waals surface area contributed by atoms with Crippen LogP contribution in [-0.4, -0.2) is 30.2 Å². The highest BCUT2D eigenvalue weighted by Gasteiger charge is 2.48. The molecule has 2 aromatic rings. The summed E-state index contributed by atoms with van der Waals surface area (Å²) in [4.78, 5) is 25.1. The number of nitrogens with one attached hydrogen (secondary N) is 1. The van der Waals surface area contributed by atoms with Gasteiger partial charge in [0.15, 0.2) is 5.54 Å². The molecular formula is C20H17ClF3N3O3. The van der Waals surface area contributed by atoms with Crippen LogP contribution in [-0.2, 0) is 20.5 Å². The third kappa shape index (κ3) is 4.25. The number of esters is 1. The largest absolute Gasteiger partial charge is 0.467 e. The lowest BCUT2D eigenvalue weighted by atomic mass is 9.95. The summed E-state index contributed by atoms with van der Waals surface area (Å²) in [6.07, 6.45) is -4.53. The van der Waals surface area contributed by atoms with Gasteiger partial charge >= 0.3 is 12.1 Å². The van der Waals surface area contributed by atoms with Crippen LogP contribution in [0.5, 0.6) is 0 Å². The molecule has 0 fully saturated rings. The van der Waals surface area contributed by atoms with Crippen molar-refractivity contribution in [2.45, 2.75) is 25.1 Å². The lowest BCUT2D eigenvalue weighted by Gasteiger charge is -2.31. The van der Waals surface area contributed by atoms with Gasteiger partial charge in [-0.25, -0.2) is 9.80 Å². The normalized spacial score (nSPS) is 18.7. The van der Waals surface area contributed by atoms with Crippen molar-refractivity contribution >= 4 is 40.6 Å². The van der Waals surface area contributed by atoms with Crippen molar-refractivity contribution in [1.29, 1.82) is 0 Å². The van der Waals surface area contributed by atoms with Crippen LogP contribution in [0, 0.1) is 0 Å². The minimum Gasteiger partial charge on any atom is -0.467 e. The summed E-state index contributed by atoms with van der Waals surface area (Å²) >= 11 is 5.91. The van der Waals surface area contributed by atoms with Crippen LogP contribution >= 0.6 is 11.6 Å². The number of carbonyl (C=O) groups is 2. The van der Waals surface area contributed by atoms with E-state index in [-0.39, 0.29) is 17.8 Å². The van der Waals surface area contributed by atoms with Gasteiger partial charge < -0.3 is 10.1 Å². The number of hydrazone groups is 1. The molecule has 30 heavy (non-hydrogen) atoms. The Hall–Kier alpha value is -3.07. The van der Waals surface area contributed by atoms with Crippen LogP contribution in [0.2, 0.25) is 5.02 Å². The summed E-state index contributed by atoms with van der Waals surface area (Å²) in [5.41, 5.74) is -1.40. The highest BCUT2D eigenvalue weighted by Crippen LogP contribution is 2.35. The molecule has 0 saturated heterocycles. The second-order valence-electron chi connectivity index (χ2n) is 6.81. The van der Waals surface area contributed by atoms with Gasteiger partial charge in [-0.05, 0) is 55.5 Å². The van der Waals surface area contributed by atoms with Crippen molar-refractivity contribution in [1.82, 2.24) is 0 Å². The van der Waals surface area contributed by atoms with Gasteiger partial charge in [0.1, 0.15) is 5.71 Å². The number of hydrogen-bond donors (Lipinski definition) is 1. The molecule has 10 heteroatoms. The highest BCUT2D eigenvalue weighted by atomic mass is 35.5. The Bertz CT molecular complexity index is 991. The fraction of sp³-hybridized carbons (Fsp3) is 0.250. The molecule has 0 bridgehead atoms. The van der Waals surface area contributed by atoms with E-state index < -0.39 is 29.2 Å². The van der Waals surface area contributed by atoms with E-state index in [9.17, 15) is 22.8 Å². The smallest absolute Gasteiger partial charge is 0.416 e. The van der Waals surface area contributed by atoms with E-state index in [0.29, 0.717) is 10.7 Å². The number of benzene rings is 2. The second kappa shape index (κ2) is 7.98. The zero-order valence-corrected chi connectivity index (χ0v) is 16.7. The maximum Gasteiger partial charge on any atom is 0.416 e. The first kappa shape index (κ1) is 21.6. The maximum absolute atomic E-state index is 12.7. The van der Waals surface area contributed by atoms with Crippen molar-refractivity contribution in [2.24, 2.45) is 5.10 Å². The molecule has 1 unspecified atom stereocenters. The molecule has 158 valence electrons. The van der Waals surface area contributed by atoms with Crippen molar-refractivity contribution in [2.75, 3.05) is 17.4 Å². The van der Waals surface area contributed by atoms with Crippen molar-refractivity contribution < 1.29 is 27.5 Å². The molecule has 0 aromatic heterocycles.